The van der Waals surface area contributed by atoms with Crippen LogP contribution >= 0.6 is 12.0 Å². The quantitative estimate of drug-likeness (QED) is 0.286. The lowest BCUT2D eigenvalue weighted by Crippen LogP contribution is -2.43. The smallest absolute Gasteiger partial charge is 0.314 e. The molecular formula is C24H21F3N2OS. The molecule has 7 heteroatoms. The molecule has 0 atom stereocenters. The number of para-hydroxylation sites is 1. The molecule has 0 amide bonds. The van der Waals surface area contributed by atoms with Gasteiger partial charge in [-0.3, -0.25) is 0 Å². The second-order valence-corrected chi connectivity index (χ2v) is 7.95. The normalized spacial score (nSPS) is 13.2. The van der Waals surface area contributed by atoms with Crippen LogP contribution in [-0.4, -0.2) is 18.4 Å². The van der Waals surface area contributed by atoms with Crippen molar-refractivity contribution in [3.8, 4) is 11.1 Å². The second-order valence-electron chi connectivity index (χ2n) is 6.98. The Kier molecular flexibility index (Phi) is 5.98. The number of hydrazine groups is 1. The summed E-state index contributed by atoms with van der Waals surface area (Å²) >= 11 is 1.28. The van der Waals surface area contributed by atoms with Gasteiger partial charge in [-0.25, -0.2) is 5.01 Å². The van der Waals surface area contributed by atoms with Crippen LogP contribution < -0.4 is 5.01 Å². The first-order valence-corrected chi connectivity index (χ1v) is 10.5. The summed E-state index contributed by atoms with van der Waals surface area (Å²) < 4.78 is 46.9. The maximum absolute atomic E-state index is 13.9. The molecule has 3 nitrogen and oxygen atoms in total. The molecule has 0 saturated carbocycles. The summed E-state index contributed by atoms with van der Waals surface area (Å²) in [5.41, 5.74) is 4.05. The number of benzene rings is 3. The van der Waals surface area contributed by atoms with Gasteiger partial charge in [0.25, 0.3) is 0 Å². The molecule has 0 bridgehead atoms. The van der Waals surface area contributed by atoms with E-state index in [9.17, 15) is 13.2 Å². The van der Waals surface area contributed by atoms with Crippen molar-refractivity contribution in [2.75, 3.05) is 12.1 Å². The zero-order valence-corrected chi connectivity index (χ0v) is 17.9. The highest BCUT2D eigenvalue weighted by molar-refractivity contribution is 7.94. The van der Waals surface area contributed by atoms with Gasteiger partial charge in [0.15, 0.2) is 0 Å². The van der Waals surface area contributed by atoms with Crippen LogP contribution in [-0.2, 0) is 10.6 Å². The van der Waals surface area contributed by atoms with Crippen molar-refractivity contribution in [1.82, 2.24) is 5.01 Å². The van der Waals surface area contributed by atoms with Crippen molar-refractivity contribution in [3.05, 3.63) is 90.1 Å². The minimum Gasteiger partial charge on any atom is -0.314 e. The topological polar surface area (TPSA) is 15.5 Å². The number of halogens is 3. The molecule has 0 N–H and O–H groups in total. The van der Waals surface area contributed by atoms with Gasteiger partial charge in [-0.2, -0.15) is 5.01 Å². The molecule has 0 saturated heterocycles. The Labute approximate surface area is 183 Å². The fourth-order valence-corrected chi connectivity index (χ4v) is 4.01. The summed E-state index contributed by atoms with van der Waals surface area (Å²) in [4.78, 5) is 0.982. The third-order valence-electron chi connectivity index (χ3n) is 5.01. The Balaban J connectivity index is 1.56. The Bertz CT molecular complexity index is 1100. The molecule has 0 radical (unpaired) electrons. The van der Waals surface area contributed by atoms with Crippen molar-refractivity contribution in [3.63, 3.8) is 0 Å². The van der Waals surface area contributed by atoms with Gasteiger partial charge in [0.05, 0.1) is 24.7 Å². The summed E-state index contributed by atoms with van der Waals surface area (Å²) in [5, 5.41) is 1.57. The van der Waals surface area contributed by atoms with Crippen LogP contribution in [0.25, 0.3) is 16.8 Å². The number of hydrogen-bond donors (Lipinski definition) is 0. The van der Waals surface area contributed by atoms with Crippen LogP contribution in [0.4, 0.5) is 18.9 Å². The van der Waals surface area contributed by atoms with Gasteiger partial charge < -0.3 is 4.18 Å². The Morgan fingerprint density at radius 3 is 2.29 bits per heavy atom. The third kappa shape index (κ3) is 4.57. The maximum atomic E-state index is 13.9. The van der Waals surface area contributed by atoms with Crippen molar-refractivity contribution < 1.29 is 17.4 Å². The van der Waals surface area contributed by atoms with Crippen molar-refractivity contribution in [1.29, 1.82) is 0 Å². The number of anilines is 1. The van der Waals surface area contributed by atoms with Gasteiger partial charge in [-0.15, -0.1) is 13.2 Å². The minimum atomic E-state index is -4.54. The highest BCUT2D eigenvalue weighted by atomic mass is 32.2. The van der Waals surface area contributed by atoms with Gasteiger partial charge >= 0.3 is 6.30 Å². The molecule has 1 heterocycles. The summed E-state index contributed by atoms with van der Waals surface area (Å²) in [6.07, 6.45) is -2.52. The van der Waals surface area contributed by atoms with E-state index < -0.39 is 6.30 Å². The molecule has 0 fully saturated rings. The molecule has 0 aromatic heterocycles. The van der Waals surface area contributed by atoms with Crippen LogP contribution in [0.3, 0.4) is 0 Å². The molecule has 160 valence electrons. The highest BCUT2D eigenvalue weighted by Crippen LogP contribution is 2.43. The van der Waals surface area contributed by atoms with Gasteiger partial charge in [0.2, 0.25) is 0 Å². The number of nitrogens with zero attached hydrogens (tertiary/aromatic N) is 2. The molecular weight excluding hydrogens is 421 g/mol. The van der Waals surface area contributed by atoms with E-state index in [2.05, 4.69) is 0 Å². The van der Waals surface area contributed by atoms with Crippen molar-refractivity contribution in [2.45, 2.75) is 24.5 Å². The van der Waals surface area contributed by atoms with Crippen LogP contribution in [0, 0.1) is 0 Å². The van der Waals surface area contributed by atoms with E-state index in [0.29, 0.717) is 22.7 Å². The predicted molar refractivity (Wildman–Crippen MR) is 119 cm³/mol. The standard InChI is InChI=1S/C24H21F3N2OS/c1-3-17-7-4-5-10-22(17)29(24(25,26)27)28-16-23(28)19-13-11-18(12-14-19)20-8-6-9-21(15-20)31-30-2/h4-16H,3H2,1-2H3. The highest BCUT2D eigenvalue weighted by Gasteiger charge is 2.47. The van der Waals surface area contributed by atoms with Gasteiger partial charge in [0, 0.05) is 22.5 Å². The van der Waals surface area contributed by atoms with Crippen molar-refractivity contribution >= 4 is 23.4 Å². The molecule has 3 aromatic carbocycles. The number of aryl methyl sites for hydroxylation is 1. The first kappa shape index (κ1) is 21.3. The van der Waals surface area contributed by atoms with Gasteiger partial charge in [0.1, 0.15) is 0 Å². The largest absolute Gasteiger partial charge is 0.503 e. The molecule has 0 aliphatic carbocycles. The monoisotopic (exact) mass is 442 g/mol. The van der Waals surface area contributed by atoms with Crippen LogP contribution in [0.1, 0.15) is 18.1 Å². The minimum absolute atomic E-state index is 0.146. The summed E-state index contributed by atoms with van der Waals surface area (Å²) in [7, 11) is 1.62. The summed E-state index contributed by atoms with van der Waals surface area (Å²) in [6.45, 7) is 1.85. The predicted octanol–water partition coefficient (Wildman–Crippen LogP) is 7.12. The maximum Gasteiger partial charge on any atom is 0.503 e. The SMILES string of the molecule is CCc1ccccc1N(N1C=C1c1ccc(-c2cccc(SOC)c2)cc1)C(F)(F)F. The molecule has 4 rings (SSSR count). The summed E-state index contributed by atoms with van der Waals surface area (Å²) in [5.74, 6) is 0. The van der Waals surface area contributed by atoms with E-state index >= 15 is 0 Å². The average Bonchev–Trinajstić information content (AvgIpc) is 3.54. The van der Waals surface area contributed by atoms with E-state index in [4.69, 9.17) is 4.18 Å². The number of hydrogen-bond acceptors (Lipinski definition) is 4. The van der Waals surface area contributed by atoms with E-state index in [-0.39, 0.29) is 5.69 Å². The number of rotatable bonds is 7. The van der Waals surface area contributed by atoms with Crippen LogP contribution in [0.2, 0.25) is 0 Å². The van der Waals surface area contributed by atoms with E-state index in [1.807, 2.05) is 55.5 Å². The van der Waals surface area contributed by atoms with Gasteiger partial charge in [-0.1, -0.05) is 61.5 Å². The molecule has 31 heavy (non-hydrogen) atoms. The molecule has 1 aliphatic heterocycles. The Morgan fingerprint density at radius 1 is 0.903 bits per heavy atom. The lowest BCUT2D eigenvalue weighted by atomic mass is 10.0. The fraction of sp³-hybridized carbons (Fsp3) is 0.167. The van der Waals surface area contributed by atoms with E-state index in [1.165, 1.54) is 29.3 Å². The lowest BCUT2D eigenvalue weighted by Gasteiger charge is -2.31. The molecule has 3 aromatic rings. The van der Waals surface area contributed by atoms with Crippen molar-refractivity contribution in [2.24, 2.45) is 0 Å². The average molecular weight is 443 g/mol. The summed E-state index contributed by atoms with van der Waals surface area (Å²) in [6, 6.07) is 22.0. The molecule has 1 aliphatic rings. The second kappa shape index (κ2) is 8.69. The third-order valence-corrected chi connectivity index (χ3v) is 5.62. The molecule has 0 spiro atoms. The van der Waals surface area contributed by atoms with Crippen LogP contribution in [0.5, 0.6) is 0 Å². The Hall–Kier alpha value is -2.90. The zero-order valence-electron chi connectivity index (χ0n) is 17.1. The Morgan fingerprint density at radius 2 is 1.61 bits per heavy atom. The van der Waals surface area contributed by atoms with E-state index in [0.717, 1.165) is 21.6 Å². The lowest BCUT2D eigenvalue weighted by molar-refractivity contribution is -0.145. The first-order valence-electron chi connectivity index (χ1n) is 9.79. The molecule has 0 unspecified atom stereocenters. The van der Waals surface area contributed by atoms with E-state index in [1.54, 1.807) is 25.3 Å². The first-order chi connectivity index (χ1) is 14.9. The fourth-order valence-electron chi connectivity index (χ4n) is 3.51. The van der Waals surface area contributed by atoms with Gasteiger partial charge in [-0.05, 0) is 41.3 Å². The zero-order chi connectivity index (χ0) is 22.0. The van der Waals surface area contributed by atoms with Crippen LogP contribution in [0.15, 0.2) is 83.9 Å². The number of alkyl halides is 3.